The van der Waals surface area contributed by atoms with E-state index in [4.69, 9.17) is 0 Å². The van der Waals surface area contributed by atoms with Crippen LogP contribution in [0.15, 0.2) is 60.4 Å². The summed E-state index contributed by atoms with van der Waals surface area (Å²) in [5.74, 6) is -0.597. The standard InChI is InChI=1S/C21H18FN3O2/c1-2-25-20(26)18(23-21(25)27)11-15-13-24(19-10-6-4-8-16(15)19)12-14-7-3-5-9-17(14)22/h3-11,13H,2,12H2,1H3,(H,23,27)/b18-11+. The molecule has 0 saturated carbocycles. The van der Waals surface area contributed by atoms with Crippen LogP contribution in [0.2, 0.25) is 0 Å². The van der Waals surface area contributed by atoms with Gasteiger partial charge in [-0.15, -0.1) is 0 Å². The van der Waals surface area contributed by atoms with Crippen LogP contribution in [0.25, 0.3) is 17.0 Å². The van der Waals surface area contributed by atoms with Crippen molar-refractivity contribution in [2.75, 3.05) is 6.54 Å². The molecule has 3 amide bonds. The first kappa shape index (κ1) is 17.0. The van der Waals surface area contributed by atoms with E-state index < -0.39 is 6.03 Å². The molecule has 2 aromatic carbocycles. The van der Waals surface area contributed by atoms with Gasteiger partial charge in [0.25, 0.3) is 5.91 Å². The summed E-state index contributed by atoms with van der Waals surface area (Å²) in [4.78, 5) is 25.4. The smallest absolute Gasteiger partial charge is 0.328 e. The second-order valence-corrected chi connectivity index (χ2v) is 6.36. The number of fused-ring (bicyclic) bond motifs is 1. The van der Waals surface area contributed by atoms with Crippen molar-refractivity contribution in [3.63, 3.8) is 0 Å². The molecule has 0 aliphatic carbocycles. The van der Waals surface area contributed by atoms with Crippen LogP contribution in [0, 0.1) is 5.82 Å². The van der Waals surface area contributed by atoms with Gasteiger partial charge in [-0.3, -0.25) is 9.69 Å². The van der Waals surface area contributed by atoms with Crippen molar-refractivity contribution in [2.24, 2.45) is 0 Å². The van der Waals surface area contributed by atoms with Crippen LogP contribution in [-0.4, -0.2) is 28.0 Å². The first-order valence-corrected chi connectivity index (χ1v) is 8.74. The Morgan fingerprint density at radius 3 is 2.56 bits per heavy atom. The highest BCUT2D eigenvalue weighted by molar-refractivity contribution is 6.14. The first-order chi connectivity index (χ1) is 13.1. The van der Waals surface area contributed by atoms with Crippen LogP contribution in [-0.2, 0) is 11.3 Å². The molecular weight excluding hydrogens is 345 g/mol. The zero-order chi connectivity index (χ0) is 19.0. The number of hydrogen-bond acceptors (Lipinski definition) is 2. The van der Waals surface area contributed by atoms with E-state index in [0.29, 0.717) is 18.7 Å². The summed E-state index contributed by atoms with van der Waals surface area (Å²) in [6, 6.07) is 14.0. The molecule has 0 atom stereocenters. The van der Waals surface area contributed by atoms with Crippen molar-refractivity contribution >= 4 is 28.9 Å². The van der Waals surface area contributed by atoms with E-state index in [9.17, 15) is 14.0 Å². The highest BCUT2D eigenvalue weighted by Crippen LogP contribution is 2.26. The second kappa shape index (κ2) is 6.72. The lowest BCUT2D eigenvalue weighted by Crippen LogP contribution is -2.30. The Bertz CT molecular complexity index is 1080. The van der Waals surface area contributed by atoms with Crippen LogP contribution in [0.1, 0.15) is 18.1 Å². The van der Waals surface area contributed by atoms with Crippen molar-refractivity contribution in [1.82, 2.24) is 14.8 Å². The molecule has 1 aliphatic rings. The third kappa shape index (κ3) is 2.99. The van der Waals surface area contributed by atoms with Gasteiger partial charge in [0, 0.05) is 34.8 Å². The average molecular weight is 363 g/mol. The maximum Gasteiger partial charge on any atom is 0.328 e. The number of halogens is 1. The average Bonchev–Trinajstić information content (AvgIpc) is 3.14. The fourth-order valence-electron chi connectivity index (χ4n) is 3.35. The van der Waals surface area contributed by atoms with Crippen LogP contribution >= 0.6 is 0 Å². The molecular formula is C21H18FN3O2. The molecule has 0 radical (unpaired) electrons. The summed E-state index contributed by atoms with van der Waals surface area (Å²) in [5.41, 5.74) is 2.55. The highest BCUT2D eigenvalue weighted by Gasteiger charge is 2.32. The molecule has 136 valence electrons. The first-order valence-electron chi connectivity index (χ1n) is 8.74. The number of imide groups is 1. The number of benzene rings is 2. The molecule has 1 aliphatic heterocycles. The molecule has 1 fully saturated rings. The second-order valence-electron chi connectivity index (χ2n) is 6.36. The molecule has 27 heavy (non-hydrogen) atoms. The summed E-state index contributed by atoms with van der Waals surface area (Å²) in [5, 5.41) is 3.54. The lowest BCUT2D eigenvalue weighted by atomic mass is 10.1. The van der Waals surface area contributed by atoms with Gasteiger partial charge in [0.05, 0.1) is 6.54 Å². The molecule has 6 heteroatoms. The lowest BCUT2D eigenvalue weighted by molar-refractivity contribution is -0.122. The van der Waals surface area contributed by atoms with Crippen LogP contribution in [0.3, 0.4) is 0 Å². The molecule has 1 N–H and O–H groups in total. The van der Waals surface area contributed by atoms with E-state index in [0.717, 1.165) is 21.4 Å². The van der Waals surface area contributed by atoms with Crippen LogP contribution < -0.4 is 5.32 Å². The topological polar surface area (TPSA) is 54.3 Å². The molecule has 3 aromatic rings. The van der Waals surface area contributed by atoms with Gasteiger partial charge in [0.15, 0.2) is 0 Å². The third-order valence-corrected chi connectivity index (χ3v) is 4.70. The predicted molar refractivity (Wildman–Crippen MR) is 101 cm³/mol. The molecule has 0 bridgehead atoms. The minimum atomic E-state index is -0.413. The number of urea groups is 1. The zero-order valence-corrected chi connectivity index (χ0v) is 14.8. The Morgan fingerprint density at radius 2 is 1.81 bits per heavy atom. The van der Waals surface area contributed by atoms with E-state index >= 15 is 0 Å². The number of hydrogen-bond donors (Lipinski definition) is 1. The molecule has 1 aromatic heterocycles. The van der Waals surface area contributed by atoms with Gasteiger partial charge in [0.2, 0.25) is 0 Å². The lowest BCUT2D eigenvalue weighted by Gasteiger charge is -2.06. The molecule has 4 rings (SSSR count). The van der Waals surface area contributed by atoms with E-state index in [1.807, 2.05) is 35.0 Å². The number of rotatable bonds is 4. The molecule has 2 heterocycles. The van der Waals surface area contributed by atoms with Gasteiger partial charge in [-0.1, -0.05) is 36.4 Å². The fraction of sp³-hybridized carbons (Fsp3) is 0.143. The van der Waals surface area contributed by atoms with Crippen LogP contribution in [0.5, 0.6) is 0 Å². The Labute approximate surface area is 155 Å². The predicted octanol–water partition coefficient (Wildman–Crippen LogP) is 3.74. The fourth-order valence-corrected chi connectivity index (χ4v) is 3.35. The number of aromatic nitrogens is 1. The van der Waals surface area contributed by atoms with Crippen molar-refractivity contribution in [3.05, 3.63) is 77.4 Å². The van der Waals surface area contributed by atoms with Gasteiger partial charge in [-0.25, -0.2) is 9.18 Å². The van der Waals surface area contributed by atoms with Gasteiger partial charge >= 0.3 is 6.03 Å². The quantitative estimate of drug-likeness (QED) is 0.567. The highest BCUT2D eigenvalue weighted by atomic mass is 19.1. The summed E-state index contributed by atoms with van der Waals surface area (Å²) in [6.07, 6.45) is 3.55. The van der Waals surface area contributed by atoms with Crippen molar-refractivity contribution < 1.29 is 14.0 Å². The van der Waals surface area contributed by atoms with Crippen molar-refractivity contribution in [3.8, 4) is 0 Å². The third-order valence-electron chi connectivity index (χ3n) is 4.70. The summed E-state index contributed by atoms with van der Waals surface area (Å²) in [7, 11) is 0. The maximum atomic E-state index is 14.1. The molecule has 1 saturated heterocycles. The van der Waals surface area contributed by atoms with E-state index in [2.05, 4.69) is 5.32 Å². The number of nitrogens with one attached hydrogen (secondary N) is 1. The van der Waals surface area contributed by atoms with Gasteiger partial charge in [-0.2, -0.15) is 0 Å². The summed E-state index contributed by atoms with van der Waals surface area (Å²) < 4.78 is 16.0. The minimum Gasteiger partial charge on any atom is -0.342 e. The Balaban J connectivity index is 1.77. The molecule has 5 nitrogen and oxygen atoms in total. The number of para-hydroxylation sites is 1. The summed E-state index contributed by atoms with van der Waals surface area (Å²) >= 11 is 0. The normalized spacial score (nSPS) is 15.8. The van der Waals surface area contributed by atoms with Crippen molar-refractivity contribution in [2.45, 2.75) is 13.5 Å². The largest absolute Gasteiger partial charge is 0.342 e. The van der Waals surface area contributed by atoms with E-state index in [-0.39, 0.29) is 17.4 Å². The monoisotopic (exact) mass is 363 g/mol. The number of carbonyl (C=O) groups is 2. The Kier molecular flexibility index (Phi) is 4.24. The summed E-state index contributed by atoms with van der Waals surface area (Å²) in [6.45, 7) is 2.44. The molecule has 0 spiro atoms. The number of nitrogens with zero attached hydrogens (tertiary/aromatic N) is 2. The zero-order valence-electron chi connectivity index (χ0n) is 14.8. The minimum absolute atomic E-state index is 0.246. The van der Waals surface area contributed by atoms with Gasteiger partial charge < -0.3 is 9.88 Å². The van der Waals surface area contributed by atoms with Crippen molar-refractivity contribution in [1.29, 1.82) is 0 Å². The number of likely N-dealkylation sites (N-methyl/N-ethyl adjacent to an activating group) is 1. The Morgan fingerprint density at radius 1 is 1.07 bits per heavy atom. The van der Waals surface area contributed by atoms with E-state index in [1.54, 1.807) is 31.2 Å². The number of amides is 3. The SMILES string of the molecule is CCN1C(=O)N/C(=C/c2cn(Cc3ccccc3F)c3ccccc23)C1=O. The Hall–Kier alpha value is -3.41. The molecule has 0 unspecified atom stereocenters. The van der Waals surface area contributed by atoms with Gasteiger partial charge in [0.1, 0.15) is 11.5 Å². The van der Waals surface area contributed by atoms with E-state index in [1.165, 1.54) is 6.07 Å². The van der Waals surface area contributed by atoms with Crippen LogP contribution in [0.4, 0.5) is 9.18 Å². The number of carbonyl (C=O) groups excluding carboxylic acids is 2. The maximum absolute atomic E-state index is 14.1. The van der Waals surface area contributed by atoms with Gasteiger partial charge in [-0.05, 0) is 25.1 Å².